The fourth-order valence-corrected chi connectivity index (χ4v) is 8.45. The number of rotatable bonds is 50. The van der Waals surface area contributed by atoms with E-state index in [0.717, 1.165) is 32.1 Å². The summed E-state index contributed by atoms with van der Waals surface area (Å²) in [5.74, 6) is -0.329. The maximum atomic E-state index is 12.7. The van der Waals surface area contributed by atoms with Gasteiger partial charge >= 0.3 is 5.97 Å². The van der Waals surface area contributed by atoms with E-state index in [0.29, 0.717) is 24.1 Å². The van der Waals surface area contributed by atoms with Crippen molar-refractivity contribution in [2.45, 2.75) is 264 Å². The molecule has 364 valence electrons. The van der Waals surface area contributed by atoms with Crippen molar-refractivity contribution in [1.82, 2.24) is 0 Å². The lowest BCUT2D eigenvalue weighted by Gasteiger charge is -2.28. The first-order valence-corrected chi connectivity index (χ1v) is 27.9. The van der Waals surface area contributed by atoms with Crippen molar-refractivity contribution in [3.8, 4) is 0 Å². The van der Waals surface area contributed by atoms with E-state index in [9.17, 15) is 14.3 Å². The van der Waals surface area contributed by atoms with Crippen molar-refractivity contribution in [2.24, 2.45) is 0 Å². The Balaban J connectivity index is 3.99. The third kappa shape index (κ3) is 50.1. The number of carbonyl (C=O) groups is 1. The minimum atomic E-state index is -4.52. The van der Waals surface area contributed by atoms with Crippen LogP contribution in [0.5, 0.6) is 0 Å². The highest BCUT2D eigenvalue weighted by molar-refractivity contribution is 7.45. The summed E-state index contributed by atoms with van der Waals surface area (Å²) in [7, 11) is 1.37. The Morgan fingerprint density at radius 3 is 1.25 bits per heavy atom. The molecule has 0 N–H and O–H groups in total. The third-order valence-electron chi connectivity index (χ3n) is 11.8. The number of unbranched alkanes of at least 4 members (excludes halogenated alkanes) is 34. The maximum absolute atomic E-state index is 12.7. The summed E-state index contributed by atoms with van der Waals surface area (Å²) in [6.07, 6.45) is 52.4. The van der Waals surface area contributed by atoms with Crippen molar-refractivity contribution in [1.29, 1.82) is 0 Å². The Morgan fingerprint density at radius 2 is 0.852 bits per heavy atom. The summed E-state index contributed by atoms with van der Waals surface area (Å²) in [6, 6.07) is 0. The fraction of sp³-hybridized carbons (Fsp3) is 0.942. The van der Waals surface area contributed by atoms with Crippen LogP contribution in [0.2, 0.25) is 0 Å². The summed E-state index contributed by atoms with van der Waals surface area (Å²) < 4.78 is 34.7. The van der Waals surface area contributed by atoms with Crippen LogP contribution in [0, 0.1) is 0 Å². The highest BCUT2D eigenvalue weighted by atomic mass is 31.2. The molecule has 0 aliphatic carbocycles. The van der Waals surface area contributed by atoms with E-state index in [1.165, 1.54) is 205 Å². The molecule has 0 saturated heterocycles. The van der Waals surface area contributed by atoms with Gasteiger partial charge in [-0.3, -0.25) is 9.36 Å². The van der Waals surface area contributed by atoms with Crippen molar-refractivity contribution >= 4 is 13.8 Å². The molecule has 0 aromatic heterocycles. The quantitative estimate of drug-likeness (QED) is 0.0197. The topological polar surface area (TPSA) is 94.1 Å². The minimum Gasteiger partial charge on any atom is -0.756 e. The molecule has 0 bridgehead atoms. The van der Waals surface area contributed by atoms with Crippen LogP contribution in [0.4, 0.5) is 0 Å². The second-order valence-corrected chi connectivity index (χ2v) is 20.7. The first-order chi connectivity index (χ1) is 29.6. The second-order valence-electron chi connectivity index (χ2n) is 19.2. The smallest absolute Gasteiger partial charge is 0.306 e. The fourth-order valence-electron chi connectivity index (χ4n) is 7.72. The molecule has 2 unspecified atom stereocenters. The number of hydrogen-bond acceptors (Lipinski definition) is 7. The predicted octanol–water partition coefficient (Wildman–Crippen LogP) is 15.5. The Bertz CT molecular complexity index is 987. The summed E-state index contributed by atoms with van der Waals surface area (Å²) in [4.78, 5) is 25.1. The van der Waals surface area contributed by atoms with E-state index in [-0.39, 0.29) is 25.8 Å². The monoisotopic (exact) mass is 886 g/mol. The van der Waals surface area contributed by atoms with Gasteiger partial charge in [0.1, 0.15) is 19.3 Å². The van der Waals surface area contributed by atoms with E-state index in [2.05, 4.69) is 26.0 Å². The molecule has 0 radical (unpaired) electrons. The average Bonchev–Trinajstić information content (AvgIpc) is 3.22. The van der Waals surface area contributed by atoms with Crippen LogP contribution in [0.15, 0.2) is 12.2 Å². The average molecular weight is 886 g/mol. The Hall–Kier alpha value is -0.760. The standard InChI is InChI=1S/C52H104NO7P/c1-6-8-10-12-14-16-18-20-21-22-23-24-25-26-27-28-29-30-31-32-34-36-38-40-42-44-47-57-49-51(50-59-61(55,56)58-48-46-53(3,4)5)60-52(54)45-43-41-39-37-35-33-19-17-15-13-11-9-7-2/h22-23,51H,6-21,24-50H2,1-5H3/b23-22-. The zero-order chi connectivity index (χ0) is 44.8. The molecular formula is C52H104NO7P. The minimum absolute atomic E-state index is 0.0301. The van der Waals surface area contributed by atoms with Crippen LogP contribution >= 0.6 is 7.82 Å². The van der Waals surface area contributed by atoms with Gasteiger partial charge in [-0.05, 0) is 38.5 Å². The van der Waals surface area contributed by atoms with Crippen LogP contribution in [0.3, 0.4) is 0 Å². The largest absolute Gasteiger partial charge is 0.756 e. The lowest BCUT2D eigenvalue weighted by atomic mass is 10.0. The summed E-state index contributed by atoms with van der Waals surface area (Å²) in [5, 5.41) is 0. The number of quaternary nitrogens is 1. The van der Waals surface area contributed by atoms with Crippen LogP contribution in [-0.2, 0) is 27.9 Å². The van der Waals surface area contributed by atoms with E-state index in [1.54, 1.807) is 0 Å². The van der Waals surface area contributed by atoms with E-state index in [4.69, 9.17) is 18.5 Å². The van der Waals surface area contributed by atoms with Gasteiger partial charge in [-0.2, -0.15) is 0 Å². The first kappa shape index (κ1) is 60.2. The summed E-state index contributed by atoms with van der Waals surface area (Å²) >= 11 is 0. The molecule has 8 nitrogen and oxygen atoms in total. The van der Waals surface area contributed by atoms with Gasteiger partial charge in [0, 0.05) is 13.0 Å². The zero-order valence-corrected chi connectivity index (χ0v) is 42.3. The molecular weight excluding hydrogens is 782 g/mol. The van der Waals surface area contributed by atoms with Crippen molar-refractivity contribution in [2.75, 3.05) is 54.1 Å². The van der Waals surface area contributed by atoms with Gasteiger partial charge in [0.15, 0.2) is 0 Å². The molecule has 0 amide bonds. The van der Waals surface area contributed by atoms with Crippen LogP contribution in [0.1, 0.15) is 258 Å². The molecule has 0 heterocycles. The molecule has 2 atom stereocenters. The van der Waals surface area contributed by atoms with Gasteiger partial charge in [-0.1, -0.05) is 225 Å². The van der Waals surface area contributed by atoms with Gasteiger partial charge in [-0.15, -0.1) is 0 Å². The lowest BCUT2D eigenvalue weighted by Crippen LogP contribution is -2.37. The van der Waals surface area contributed by atoms with Crippen molar-refractivity contribution < 1.29 is 37.3 Å². The number of phosphoric ester groups is 1. The first-order valence-electron chi connectivity index (χ1n) is 26.4. The number of hydrogen-bond donors (Lipinski definition) is 0. The predicted molar refractivity (Wildman–Crippen MR) is 259 cm³/mol. The third-order valence-corrected chi connectivity index (χ3v) is 12.8. The molecule has 61 heavy (non-hydrogen) atoms. The molecule has 0 saturated carbocycles. The molecule has 0 rings (SSSR count). The number of phosphoric acid groups is 1. The van der Waals surface area contributed by atoms with Crippen LogP contribution in [-0.4, -0.2) is 70.7 Å². The number of carbonyl (C=O) groups excluding carboxylic acids is 1. The van der Waals surface area contributed by atoms with E-state index < -0.39 is 13.9 Å². The van der Waals surface area contributed by atoms with Crippen molar-refractivity contribution in [3.05, 3.63) is 12.2 Å². The number of nitrogens with zero attached hydrogens (tertiary/aromatic N) is 1. The number of likely N-dealkylation sites (N-methyl/N-ethyl adjacent to an activating group) is 1. The molecule has 9 heteroatoms. The normalized spacial score (nSPS) is 13.6. The lowest BCUT2D eigenvalue weighted by molar-refractivity contribution is -0.870. The number of allylic oxidation sites excluding steroid dienone is 2. The van der Waals surface area contributed by atoms with Crippen molar-refractivity contribution in [3.63, 3.8) is 0 Å². The van der Waals surface area contributed by atoms with Gasteiger partial charge in [0.05, 0.1) is 34.4 Å². The Morgan fingerprint density at radius 1 is 0.492 bits per heavy atom. The SMILES string of the molecule is CCCCCCCCCC/C=C\CCCCCCCCCCCCCCCCOCC(COP(=O)([O-])OCC[N+](C)(C)C)OC(=O)CCCCCCCCCCCCCCC. The maximum Gasteiger partial charge on any atom is 0.306 e. The van der Waals surface area contributed by atoms with Gasteiger partial charge in [0.2, 0.25) is 0 Å². The molecule has 0 aromatic rings. The van der Waals surface area contributed by atoms with Gasteiger partial charge < -0.3 is 27.9 Å². The van der Waals surface area contributed by atoms with Gasteiger partial charge in [0.25, 0.3) is 7.82 Å². The summed E-state index contributed by atoms with van der Waals surface area (Å²) in [5.41, 5.74) is 0. The van der Waals surface area contributed by atoms with Crippen LogP contribution < -0.4 is 4.89 Å². The highest BCUT2D eigenvalue weighted by Gasteiger charge is 2.20. The molecule has 0 aliphatic heterocycles. The molecule has 0 aliphatic rings. The van der Waals surface area contributed by atoms with E-state index in [1.807, 2.05) is 21.1 Å². The Kier molecular flexibility index (Phi) is 45.2. The molecule has 0 fully saturated rings. The number of esters is 1. The van der Waals surface area contributed by atoms with Gasteiger partial charge in [-0.25, -0.2) is 0 Å². The molecule has 0 aromatic carbocycles. The second kappa shape index (κ2) is 45.8. The van der Waals surface area contributed by atoms with E-state index >= 15 is 0 Å². The summed E-state index contributed by atoms with van der Waals surface area (Å²) in [6.45, 7) is 5.47. The Labute approximate surface area is 380 Å². The number of ether oxygens (including phenoxy) is 2. The van der Waals surface area contributed by atoms with Crippen LogP contribution in [0.25, 0.3) is 0 Å². The zero-order valence-electron chi connectivity index (χ0n) is 41.4. The highest BCUT2D eigenvalue weighted by Crippen LogP contribution is 2.38. The molecule has 0 spiro atoms.